The van der Waals surface area contributed by atoms with Crippen molar-refractivity contribution < 1.29 is 0 Å². The van der Waals surface area contributed by atoms with Crippen molar-refractivity contribution in [3.05, 3.63) is 546 Å². The van der Waals surface area contributed by atoms with Crippen LogP contribution in [0.4, 0.5) is 0 Å². The lowest BCUT2D eigenvalue weighted by Crippen LogP contribution is -1.97. The van der Waals surface area contributed by atoms with Crippen LogP contribution in [0.15, 0.2) is 546 Å². The minimum atomic E-state index is 1.14. The molecule has 0 aliphatic rings. The number of hydrogen-bond acceptors (Lipinski definition) is 0. The number of rotatable bonds is 12. The van der Waals surface area contributed by atoms with E-state index in [0.717, 1.165) is 22.7 Å². The quantitative estimate of drug-likeness (QED) is 0.117. The predicted molar refractivity (Wildman–Crippen MR) is 610 cm³/mol. The SMILES string of the molecule is c1ccc(-c2cc(-c3ccccc3)cc(-n3c4ccccc4c4c3ccc3c5ccccc5n(-c5cc(-c6ccccc6)c6ccccc6c5)c34)c2)cc1.c1ccc(-c2cc(-n3c4ccccc4c4ccc5c(c6ccccc6n5-c5ccccc5)c43)cc3ccccc23)cc1.c1ccc(-c2ccc(-n3c4ccccc4c4c3ccc3c5ccccc5n(-c5cc(-c6ccccc6)c6ccccc6c5)c34)cc2)cc1. The normalized spacial score (nSPS) is 11.8. The third-order valence-electron chi connectivity index (χ3n) is 29.6. The zero-order chi connectivity index (χ0) is 94.8. The highest BCUT2D eigenvalue weighted by Gasteiger charge is 2.28. The summed E-state index contributed by atoms with van der Waals surface area (Å²) in [5, 5.41) is 22.5. The molecule has 6 heterocycles. The first kappa shape index (κ1) is 83.1. The maximum absolute atomic E-state index is 2.51. The zero-order valence-corrected chi connectivity index (χ0v) is 78.6. The molecule has 30 rings (SSSR count). The van der Waals surface area contributed by atoms with E-state index < -0.39 is 0 Å². The molecule has 0 saturated heterocycles. The van der Waals surface area contributed by atoms with Crippen LogP contribution in [0.3, 0.4) is 0 Å². The largest absolute Gasteiger partial charge is 0.309 e. The van der Waals surface area contributed by atoms with E-state index in [2.05, 4.69) is 573 Å². The van der Waals surface area contributed by atoms with Gasteiger partial charge in [-0.15, -0.1) is 0 Å². The van der Waals surface area contributed by atoms with Crippen LogP contribution in [0, 0.1) is 0 Å². The Bertz CT molecular complexity index is 10200. The fourth-order valence-electron chi connectivity index (χ4n) is 23.4. The summed E-state index contributed by atoms with van der Waals surface area (Å²) in [6.07, 6.45) is 0. The summed E-state index contributed by atoms with van der Waals surface area (Å²) in [4.78, 5) is 0. The van der Waals surface area contributed by atoms with Crippen LogP contribution in [0.5, 0.6) is 0 Å². The van der Waals surface area contributed by atoms with Crippen molar-refractivity contribution >= 4 is 163 Å². The third-order valence-corrected chi connectivity index (χ3v) is 29.6. The van der Waals surface area contributed by atoms with Crippen LogP contribution in [-0.2, 0) is 0 Å². The zero-order valence-electron chi connectivity index (χ0n) is 78.6. The maximum Gasteiger partial charge on any atom is 0.0641 e. The van der Waals surface area contributed by atoms with Crippen LogP contribution in [0.25, 0.3) is 264 Å². The molecule has 0 fully saturated rings. The van der Waals surface area contributed by atoms with Gasteiger partial charge >= 0.3 is 0 Å². The lowest BCUT2D eigenvalue weighted by Gasteiger charge is -2.15. The van der Waals surface area contributed by atoms with E-state index in [-0.39, 0.29) is 0 Å². The molecule has 0 N–H and O–H groups in total. The Hall–Kier alpha value is -19.1. The molecule has 0 bridgehead atoms. The summed E-state index contributed by atoms with van der Waals surface area (Å²) in [5.74, 6) is 0. The van der Waals surface area contributed by atoms with Gasteiger partial charge in [0.2, 0.25) is 0 Å². The van der Waals surface area contributed by atoms with E-state index in [4.69, 9.17) is 0 Å². The lowest BCUT2D eigenvalue weighted by molar-refractivity contribution is 1.18. The van der Waals surface area contributed by atoms with Crippen LogP contribution in [-0.4, -0.2) is 27.4 Å². The number of benzene rings is 24. The summed E-state index contributed by atoms with van der Waals surface area (Å²) in [7, 11) is 0. The standard InChI is InChI=1S/C52H34N2.C46H30N2.C40H26N2/c1-4-16-35(17-5-1)39-30-40(36-18-6-2-7-19-36)33-41(32-39)53-49-27-15-13-25-46(49)51-50(53)29-28-45-44-24-12-14-26-48(44)54(52(45)51)42-31-38-22-10-11-23-43(38)47(34-42)37-20-8-3-9-21-37;1-3-13-31(14-4-1)32-23-25-35(26-24-32)47-43-22-12-10-20-40(43)45-44(47)28-27-39-38-19-9-11-21-42(38)48(46(39)45)36-29-34-17-7-8-18-37(34)41(30-36)33-15-5-2-6-16-33;1-3-13-27(14-4-1)35-26-30(25-28-15-7-8-18-31(28)35)42-36-21-11-9-19-32(36)33-23-24-38-39(40(33)42)34-20-10-12-22-37(34)41(38)29-16-5-2-6-17-29/h1-34H;1-30H;1-26H. The van der Waals surface area contributed by atoms with Gasteiger partial charge in [-0.3, -0.25) is 0 Å². The van der Waals surface area contributed by atoms with Crippen molar-refractivity contribution in [2.24, 2.45) is 0 Å². The predicted octanol–water partition coefficient (Wildman–Crippen LogP) is 37.1. The number of aromatic nitrogens is 6. The highest BCUT2D eigenvalue weighted by atomic mass is 15.0. The van der Waals surface area contributed by atoms with Crippen molar-refractivity contribution in [3.8, 4) is 101 Å². The molecule has 0 atom stereocenters. The van der Waals surface area contributed by atoms with Gasteiger partial charge in [0.25, 0.3) is 0 Å². The van der Waals surface area contributed by atoms with Crippen molar-refractivity contribution in [2.45, 2.75) is 0 Å². The summed E-state index contributed by atoms with van der Waals surface area (Å²) in [6, 6.07) is 199. The molecule has 0 unspecified atom stereocenters. The monoisotopic (exact) mass is 1830 g/mol. The van der Waals surface area contributed by atoms with Gasteiger partial charge in [0.15, 0.2) is 0 Å². The van der Waals surface area contributed by atoms with Gasteiger partial charge in [0.1, 0.15) is 0 Å². The molecular formula is C138H90N6. The van der Waals surface area contributed by atoms with Gasteiger partial charge in [-0.2, -0.15) is 0 Å². The van der Waals surface area contributed by atoms with Crippen LogP contribution < -0.4 is 0 Å². The molecular weight excluding hydrogens is 1740 g/mol. The minimum absolute atomic E-state index is 1.14. The van der Waals surface area contributed by atoms with Crippen LogP contribution >= 0.6 is 0 Å². The molecule has 0 saturated carbocycles. The van der Waals surface area contributed by atoms with Crippen molar-refractivity contribution in [3.63, 3.8) is 0 Å². The molecule has 0 spiro atoms. The average molecular weight is 1830 g/mol. The Morgan fingerprint density at radius 3 is 0.639 bits per heavy atom. The summed E-state index contributed by atoms with van der Waals surface area (Å²) in [5.41, 5.74) is 36.1. The highest BCUT2D eigenvalue weighted by Crippen LogP contribution is 2.50. The van der Waals surface area contributed by atoms with E-state index in [1.54, 1.807) is 0 Å². The Labute approximate surface area is 831 Å². The fourth-order valence-corrected chi connectivity index (χ4v) is 23.4. The van der Waals surface area contributed by atoms with Gasteiger partial charge in [0, 0.05) is 98.8 Å². The number of nitrogens with zero attached hydrogens (tertiary/aromatic N) is 6. The molecule has 0 aliphatic heterocycles. The van der Waals surface area contributed by atoms with E-state index in [9.17, 15) is 0 Å². The van der Waals surface area contributed by atoms with Gasteiger partial charge < -0.3 is 27.4 Å². The topological polar surface area (TPSA) is 29.6 Å². The smallest absolute Gasteiger partial charge is 0.0641 e. The van der Waals surface area contributed by atoms with Gasteiger partial charge in [-0.25, -0.2) is 0 Å². The van der Waals surface area contributed by atoms with Crippen molar-refractivity contribution in [1.29, 1.82) is 0 Å². The Morgan fingerprint density at radius 2 is 0.326 bits per heavy atom. The number of hydrogen-bond donors (Lipinski definition) is 0. The molecule has 0 aliphatic carbocycles. The fraction of sp³-hybridized carbons (Fsp3) is 0. The van der Waals surface area contributed by atoms with Crippen molar-refractivity contribution in [2.75, 3.05) is 0 Å². The summed E-state index contributed by atoms with van der Waals surface area (Å²) >= 11 is 0. The van der Waals surface area contributed by atoms with E-state index >= 15 is 0 Å². The number of fused-ring (bicyclic) bond motifs is 24. The summed E-state index contributed by atoms with van der Waals surface area (Å²) in [6.45, 7) is 0. The third kappa shape index (κ3) is 13.7. The first-order chi connectivity index (χ1) is 71.5. The molecule has 6 heteroatoms. The van der Waals surface area contributed by atoms with Crippen LogP contribution in [0.1, 0.15) is 0 Å². The molecule has 6 aromatic heterocycles. The molecule has 144 heavy (non-hydrogen) atoms. The molecule has 6 nitrogen and oxygen atoms in total. The van der Waals surface area contributed by atoms with Crippen LogP contribution in [0.2, 0.25) is 0 Å². The minimum Gasteiger partial charge on any atom is -0.309 e. The first-order valence-corrected chi connectivity index (χ1v) is 49.6. The van der Waals surface area contributed by atoms with E-state index in [1.165, 1.54) is 241 Å². The Kier molecular flexibility index (Phi) is 19.9. The average Bonchev–Trinajstić information content (AvgIpc) is 1.55. The molecule has 30 aromatic rings. The lowest BCUT2D eigenvalue weighted by atomic mass is 9.97. The number of para-hydroxylation sites is 7. The van der Waals surface area contributed by atoms with Crippen molar-refractivity contribution in [1.82, 2.24) is 27.4 Å². The second-order valence-corrected chi connectivity index (χ2v) is 37.7. The maximum atomic E-state index is 2.51. The van der Waals surface area contributed by atoms with E-state index in [1.807, 2.05) is 0 Å². The Balaban J connectivity index is 0.000000106. The second kappa shape index (κ2) is 34.5. The molecule has 24 aromatic carbocycles. The van der Waals surface area contributed by atoms with Gasteiger partial charge in [0.05, 0.1) is 66.2 Å². The first-order valence-electron chi connectivity index (χ1n) is 49.6. The van der Waals surface area contributed by atoms with Gasteiger partial charge in [-0.1, -0.05) is 413 Å². The van der Waals surface area contributed by atoms with E-state index in [0.29, 0.717) is 0 Å². The van der Waals surface area contributed by atoms with Gasteiger partial charge in [-0.05, 0) is 233 Å². The summed E-state index contributed by atoms with van der Waals surface area (Å²) < 4.78 is 14.8. The Morgan fingerprint density at radius 1 is 0.104 bits per heavy atom. The molecule has 672 valence electrons. The highest BCUT2D eigenvalue weighted by molar-refractivity contribution is 6.30. The second-order valence-electron chi connectivity index (χ2n) is 37.7. The molecule has 0 radical (unpaired) electrons. The molecule has 0 amide bonds.